The van der Waals surface area contributed by atoms with Crippen LogP contribution in [0.4, 0.5) is 0 Å². The van der Waals surface area contributed by atoms with Gasteiger partial charge in [0.05, 0.1) is 7.11 Å². The van der Waals surface area contributed by atoms with Crippen molar-refractivity contribution in [2.75, 3.05) is 7.11 Å². The van der Waals surface area contributed by atoms with Crippen molar-refractivity contribution in [2.24, 2.45) is 16.5 Å². The molecule has 0 aromatic carbocycles. The maximum atomic E-state index is 6.99. The van der Waals surface area contributed by atoms with Gasteiger partial charge in [-0.3, -0.25) is 10.8 Å². The van der Waals surface area contributed by atoms with Crippen molar-refractivity contribution in [1.29, 1.82) is 10.8 Å². The van der Waals surface area contributed by atoms with Gasteiger partial charge < -0.3 is 16.2 Å². The number of allylic oxidation sites excluding steroid dienone is 1. The number of nitrogens with one attached hydrogen (secondary N) is 2. The lowest BCUT2D eigenvalue weighted by Crippen LogP contribution is -2.19. The smallest absolute Gasteiger partial charge is 0.187 e. The normalized spacial score (nSPS) is 11.6. The summed E-state index contributed by atoms with van der Waals surface area (Å²) < 4.78 is 4.58. The first-order chi connectivity index (χ1) is 5.57. The van der Waals surface area contributed by atoms with Gasteiger partial charge in [0, 0.05) is 12.3 Å². The van der Waals surface area contributed by atoms with E-state index in [1.54, 1.807) is 0 Å². The average Bonchev–Trinajstić information content (AvgIpc) is 2.03. The van der Waals surface area contributed by atoms with Crippen LogP contribution in [0.2, 0.25) is 0 Å². The molecule has 6 nitrogen and oxygen atoms in total. The fourth-order valence-electron chi connectivity index (χ4n) is 0.323. The van der Waals surface area contributed by atoms with Crippen molar-refractivity contribution < 1.29 is 4.74 Å². The van der Waals surface area contributed by atoms with Crippen molar-refractivity contribution in [2.45, 2.75) is 0 Å². The zero-order valence-corrected chi connectivity index (χ0v) is 6.66. The maximum absolute atomic E-state index is 6.99. The third-order valence-corrected chi connectivity index (χ3v) is 0.933. The minimum atomic E-state index is -0.393. The highest BCUT2D eigenvalue weighted by Crippen LogP contribution is 1.80. The Bertz CT molecular complexity index is 242. The first kappa shape index (κ1) is 10.2. The summed E-state index contributed by atoms with van der Waals surface area (Å²) in [6.07, 6.45) is 2.60. The topological polar surface area (TPSA) is 121 Å². The zero-order valence-electron chi connectivity index (χ0n) is 6.66. The molecule has 0 saturated heterocycles. The Morgan fingerprint density at radius 1 is 1.42 bits per heavy atom. The van der Waals surface area contributed by atoms with Gasteiger partial charge in [-0.2, -0.15) is 0 Å². The molecule has 0 spiro atoms. The summed E-state index contributed by atoms with van der Waals surface area (Å²) in [5, 5.41) is 13.8. The van der Waals surface area contributed by atoms with Crippen molar-refractivity contribution in [3.63, 3.8) is 0 Å². The van der Waals surface area contributed by atoms with Gasteiger partial charge in [-0.1, -0.05) is 0 Å². The van der Waals surface area contributed by atoms with Crippen LogP contribution in [-0.4, -0.2) is 25.0 Å². The molecule has 0 rings (SSSR count). The molecule has 0 aromatic heterocycles. The number of hydrogen-bond acceptors (Lipinski definition) is 4. The second kappa shape index (κ2) is 4.89. The van der Waals surface area contributed by atoms with Crippen LogP contribution in [0.5, 0.6) is 0 Å². The number of aliphatic imine (C=N–C) groups is 1. The summed E-state index contributed by atoms with van der Waals surface area (Å²) in [4.78, 5) is 3.48. The highest BCUT2D eigenvalue weighted by Gasteiger charge is 1.92. The Kier molecular flexibility index (Phi) is 4.13. The molecule has 12 heavy (non-hydrogen) atoms. The van der Waals surface area contributed by atoms with E-state index in [2.05, 4.69) is 9.73 Å². The molecule has 0 atom stereocenters. The second-order valence-electron chi connectivity index (χ2n) is 1.81. The van der Waals surface area contributed by atoms with Gasteiger partial charge >= 0.3 is 0 Å². The van der Waals surface area contributed by atoms with Crippen molar-refractivity contribution >= 4 is 17.9 Å². The van der Waals surface area contributed by atoms with Gasteiger partial charge in [0.25, 0.3) is 0 Å². The molecule has 6 N–H and O–H groups in total. The third-order valence-electron chi connectivity index (χ3n) is 0.933. The van der Waals surface area contributed by atoms with E-state index in [0.29, 0.717) is 0 Å². The predicted molar refractivity (Wildman–Crippen MR) is 47.4 cm³/mol. The van der Waals surface area contributed by atoms with Gasteiger partial charge in [-0.15, -0.1) is 0 Å². The summed E-state index contributed by atoms with van der Waals surface area (Å²) in [7, 11) is 1.41. The van der Waals surface area contributed by atoms with Gasteiger partial charge in [-0.25, -0.2) is 4.99 Å². The largest absolute Gasteiger partial charge is 0.483 e. The van der Waals surface area contributed by atoms with Crippen LogP contribution in [0.3, 0.4) is 0 Å². The summed E-state index contributed by atoms with van der Waals surface area (Å²) in [6.45, 7) is 0. The van der Waals surface area contributed by atoms with Crippen LogP contribution in [0.1, 0.15) is 0 Å². The molecule has 66 valence electrons. The molecule has 0 aliphatic carbocycles. The van der Waals surface area contributed by atoms with Gasteiger partial charge in [-0.05, 0) is 0 Å². The predicted octanol–water partition coefficient (Wildman–Crippen LogP) is -0.583. The third kappa shape index (κ3) is 4.04. The Hall–Kier alpha value is -1.85. The lowest BCUT2D eigenvalue weighted by molar-refractivity contribution is 0.288. The lowest BCUT2D eigenvalue weighted by atomic mass is 10.5. The first-order valence-electron chi connectivity index (χ1n) is 3.04. The molecule has 0 amide bonds. The van der Waals surface area contributed by atoms with Crippen LogP contribution in [0, 0.1) is 10.8 Å². The minimum Gasteiger partial charge on any atom is -0.483 e. The molecule has 0 radical (unpaired) electrons. The Morgan fingerprint density at radius 3 is 2.42 bits per heavy atom. The Balaban J connectivity index is 4.09. The van der Waals surface area contributed by atoms with E-state index in [9.17, 15) is 0 Å². The fraction of sp³-hybridized carbons (Fsp3) is 0.167. The summed E-state index contributed by atoms with van der Waals surface area (Å²) in [6, 6.07) is 0. The molecule has 0 unspecified atom stereocenters. The van der Waals surface area contributed by atoms with Gasteiger partial charge in [0.1, 0.15) is 0 Å². The molecule has 6 heteroatoms. The second-order valence-corrected chi connectivity index (χ2v) is 1.81. The highest BCUT2D eigenvalue weighted by atomic mass is 16.5. The number of nitrogens with two attached hydrogens (primary N) is 2. The van der Waals surface area contributed by atoms with E-state index in [4.69, 9.17) is 22.3 Å². The van der Waals surface area contributed by atoms with E-state index in [1.807, 2.05) is 0 Å². The molecular weight excluding hydrogens is 158 g/mol. The van der Waals surface area contributed by atoms with Crippen LogP contribution in [-0.2, 0) is 4.74 Å². The van der Waals surface area contributed by atoms with Crippen LogP contribution < -0.4 is 11.5 Å². The van der Waals surface area contributed by atoms with Gasteiger partial charge in [0.15, 0.2) is 17.6 Å². The van der Waals surface area contributed by atoms with E-state index in [0.717, 1.165) is 0 Å². The monoisotopic (exact) mass is 169 g/mol. The number of nitrogens with zero attached hydrogens (tertiary/aromatic N) is 1. The van der Waals surface area contributed by atoms with Gasteiger partial charge in [0.2, 0.25) is 0 Å². The fourth-order valence-corrected chi connectivity index (χ4v) is 0.323. The molecule has 0 aliphatic rings. The number of hydrogen-bond donors (Lipinski definition) is 4. The molecule has 0 aliphatic heterocycles. The zero-order chi connectivity index (χ0) is 9.56. The first-order valence-corrected chi connectivity index (χ1v) is 3.04. The number of amidine groups is 2. The van der Waals surface area contributed by atoms with E-state index >= 15 is 0 Å². The Morgan fingerprint density at radius 2 is 2.00 bits per heavy atom. The molecule has 0 bridgehead atoms. The van der Waals surface area contributed by atoms with E-state index < -0.39 is 5.84 Å². The van der Waals surface area contributed by atoms with Crippen molar-refractivity contribution in [3.8, 4) is 0 Å². The highest BCUT2D eigenvalue weighted by molar-refractivity contribution is 6.38. The van der Waals surface area contributed by atoms with E-state index in [-0.39, 0.29) is 11.7 Å². The standard InChI is InChI=1S/C6H11N5O/c1-12-4(7)2-3-11-6(10)5(8)9/h2-3,10H,7H2,1H3,(H3,8,9). The molecule has 0 aromatic rings. The minimum absolute atomic E-state index is 0.176. The van der Waals surface area contributed by atoms with Crippen LogP contribution in [0.15, 0.2) is 17.0 Å². The average molecular weight is 169 g/mol. The molecular formula is C6H11N5O. The molecule has 0 fully saturated rings. The van der Waals surface area contributed by atoms with Crippen LogP contribution in [0.25, 0.3) is 0 Å². The lowest BCUT2D eigenvalue weighted by Gasteiger charge is -1.94. The number of rotatable bonds is 2. The van der Waals surface area contributed by atoms with Crippen LogP contribution >= 0.6 is 0 Å². The molecule has 0 heterocycles. The number of ether oxygens (including phenoxy) is 1. The van der Waals surface area contributed by atoms with E-state index in [1.165, 1.54) is 19.4 Å². The van der Waals surface area contributed by atoms with Crippen molar-refractivity contribution in [3.05, 3.63) is 12.0 Å². The summed E-state index contributed by atoms with van der Waals surface area (Å²) >= 11 is 0. The summed E-state index contributed by atoms with van der Waals surface area (Å²) in [5.41, 5.74) is 10.2. The molecule has 0 saturated carbocycles. The SMILES string of the molecule is COC(N)=CC=NC(=N)C(=N)N. The number of methoxy groups -OCH3 is 1. The Labute approximate surface area is 69.9 Å². The van der Waals surface area contributed by atoms with Crippen molar-refractivity contribution in [1.82, 2.24) is 0 Å². The summed E-state index contributed by atoms with van der Waals surface area (Å²) in [5.74, 6) is -0.527. The quantitative estimate of drug-likeness (QED) is 0.251. The maximum Gasteiger partial charge on any atom is 0.187 e.